The molecule has 0 radical (unpaired) electrons. The van der Waals surface area contributed by atoms with Crippen molar-refractivity contribution in [3.8, 4) is 0 Å². The number of nitrogens with one attached hydrogen (secondary N) is 3. The van der Waals surface area contributed by atoms with E-state index in [1.165, 1.54) is 18.3 Å². The molecule has 1 aromatic rings. The molecule has 5 N–H and O–H groups in total. The Morgan fingerprint density at radius 1 is 1.47 bits per heavy atom. The van der Waals surface area contributed by atoms with Gasteiger partial charge in [-0.25, -0.2) is 24.0 Å². The van der Waals surface area contributed by atoms with Crippen LogP contribution < -0.4 is 21.3 Å². The molecule has 0 saturated heterocycles. The number of rotatable bonds is 7. The summed E-state index contributed by atoms with van der Waals surface area (Å²) in [6, 6.07) is 2.98. The lowest BCUT2D eigenvalue weighted by Crippen LogP contribution is -2.34. The summed E-state index contributed by atoms with van der Waals surface area (Å²) in [6.45, 7) is 2.04. The number of pyridine rings is 1. The van der Waals surface area contributed by atoms with E-state index in [-0.39, 0.29) is 18.2 Å². The highest BCUT2D eigenvalue weighted by Gasteiger charge is 2.10. The molecule has 0 unspecified atom stereocenters. The van der Waals surface area contributed by atoms with Crippen molar-refractivity contribution in [1.82, 2.24) is 15.0 Å². The molecule has 1 aromatic heterocycles. The van der Waals surface area contributed by atoms with E-state index in [4.69, 9.17) is 5.84 Å². The molecule has 1 heterocycles. The largest absolute Gasteiger partial charge is 0.351 e. The zero-order valence-electron chi connectivity index (χ0n) is 10.5. The van der Waals surface area contributed by atoms with E-state index in [1.54, 1.807) is 6.92 Å². The number of sulfonamides is 1. The number of carbonyl (C=O) groups excluding carboxylic acids is 1. The van der Waals surface area contributed by atoms with Gasteiger partial charge in [0.2, 0.25) is 10.0 Å². The Morgan fingerprint density at radius 3 is 2.84 bits per heavy atom. The minimum atomic E-state index is -3.33. The SMILES string of the molecule is CCNS(=O)(=O)CCNC(=O)c1ccnc(NN)c1. The molecule has 0 aliphatic carbocycles. The van der Waals surface area contributed by atoms with Crippen LogP contribution in [0, 0.1) is 0 Å². The number of nitrogens with zero attached hydrogens (tertiary/aromatic N) is 1. The molecular weight excluding hydrogens is 270 g/mol. The quantitative estimate of drug-likeness (QED) is 0.378. The molecule has 19 heavy (non-hydrogen) atoms. The summed E-state index contributed by atoms with van der Waals surface area (Å²) < 4.78 is 25.0. The summed E-state index contributed by atoms with van der Waals surface area (Å²) in [5, 5.41) is 2.51. The van der Waals surface area contributed by atoms with Crippen molar-refractivity contribution in [3.63, 3.8) is 0 Å². The molecule has 8 nitrogen and oxygen atoms in total. The number of hydrogen-bond donors (Lipinski definition) is 4. The minimum absolute atomic E-state index is 0.0296. The Kier molecular flexibility index (Phi) is 5.67. The van der Waals surface area contributed by atoms with Gasteiger partial charge in [-0.1, -0.05) is 6.92 Å². The van der Waals surface area contributed by atoms with Crippen LogP contribution in [-0.2, 0) is 10.0 Å². The summed E-state index contributed by atoms with van der Waals surface area (Å²) in [7, 11) is -3.33. The van der Waals surface area contributed by atoms with E-state index in [0.29, 0.717) is 17.9 Å². The highest BCUT2D eigenvalue weighted by Crippen LogP contribution is 2.04. The second kappa shape index (κ2) is 7.02. The predicted octanol–water partition coefficient (Wildman–Crippen LogP) is -0.964. The van der Waals surface area contributed by atoms with Gasteiger partial charge >= 0.3 is 0 Å². The Hall–Kier alpha value is -1.71. The zero-order chi connectivity index (χ0) is 14.3. The van der Waals surface area contributed by atoms with Crippen molar-refractivity contribution in [2.75, 3.05) is 24.3 Å². The molecule has 1 amide bonds. The zero-order valence-corrected chi connectivity index (χ0v) is 11.3. The normalized spacial score (nSPS) is 11.1. The Morgan fingerprint density at radius 2 is 2.21 bits per heavy atom. The van der Waals surface area contributed by atoms with Crippen LogP contribution in [0.4, 0.5) is 5.82 Å². The molecule has 1 rings (SSSR count). The predicted molar refractivity (Wildman–Crippen MR) is 71.8 cm³/mol. The van der Waals surface area contributed by atoms with E-state index < -0.39 is 10.0 Å². The van der Waals surface area contributed by atoms with E-state index in [0.717, 1.165) is 0 Å². The molecule has 0 saturated carbocycles. The number of carbonyl (C=O) groups is 1. The summed E-state index contributed by atoms with van der Waals surface area (Å²) >= 11 is 0. The van der Waals surface area contributed by atoms with E-state index in [2.05, 4.69) is 20.4 Å². The first-order valence-corrected chi connectivity index (χ1v) is 7.32. The number of nitrogens with two attached hydrogens (primary N) is 1. The van der Waals surface area contributed by atoms with Gasteiger partial charge in [0.25, 0.3) is 5.91 Å². The van der Waals surface area contributed by atoms with Gasteiger partial charge in [-0.15, -0.1) is 0 Å². The van der Waals surface area contributed by atoms with E-state index in [1.807, 2.05) is 0 Å². The van der Waals surface area contributed by atoms with Crippen LogP contribution in [-0.4, -0.2) is 38.2 Å². The van der Waals surface area contributed by atoms with Gasteiger partial charge in [-0.2, -0.15) is 0 Å². The molecule has 9 heteroatoms. The Labute approximate surface area is 111 Å². The Bertz CT molecular complexity index is 532. The van der Waals surface area contributed by atoms with Crippen LogP contribution in [0.1, 0.15) is 17.3 Å². The van der Waals surface area contributed by atoms with Crippen LogP contribution in [0.5, 0.6) is 0 Å². The van der Waals surface area contributed by atoms with Crippen molar-refractivity contribution in [2.24, 2.45) is 5.84 Å². The van der Waals surface area contributed by atoms with Crippen molar-refractivity contribution in [1.29, 1.82) is 0 Å². The fourth-order valence-electron chi connectivity index (χ4n) is 1.34. The van der Waals surface area contributed by atoms with Crippen molar-refractivity contribution >= 4 is 21.7 Å². The van der Waals surface area contributed by atoms with Crippen molar-refractivity contribution < 1.29 is 13.2 Å². The lowest BCUT2D eigenvalue weighted by Gasteiger charge is -2.07. The second-order valence-corrected chi connectivity index (χ2v) is 5.57. The average Bonchev–Trinajstić information content (AvgIpc) is 2.38. The van der Waals surface area contributed by atoms with Crippen molar-refractivity contribution in [2.45, 2.75) is 6.92 Å². The van der Waals surface area contributed by atoms with Crippen LogP contribution in [0.15, 0.2) is 18.3 Å². The van der Waals surface area contributed by atoms with Gasteiger partial charge in [0.05, 0.1) is 5.75 Å². The maximum atomic E-state index is 11.7. The average molecular weight is 287 g/mol. The molecule has 0 atom stereocenters. The van der Waals surface area contributed by atoms with Gasteiger partial charge in [0.15, 0.2) is 0 Å². The number of aromatic nitrogens is 1. The number of nitrogen functional groups attached to an aromatic ring is 1. The van der Waals surface area contributed by atoms with E-state index in [9.17, 15) is 13.2 Å². The third-order valence-electron chi connectivity index (χ3n) is 2.19. The lowest BCUT2D eigenvalue weighted by atomic mass is 10.2. The summed E-state index contributed by atoms with van der Waals surface area (Å²) in [6.07, 6.45) is 1.43. The van der Waals surface area contributed by atoms with Gasteiger partial charge < -0.3 is 10.7 Å². The first-order valence-electron chi connectivity index (χ1n) is 5.66. The second-order valence-electron chi connectivity index (χ2n) is 3.65. The van der Waals surface area contributed by atoms with Gasteiger partial charge in [-0.3, -0.25) is 4.79 Å². The molecular formula is C10H17N5O3S. The maximum Gasteiger partial charge on any atom is 0.251 e. The molecule has 0 aromatic carbocycles. The summed E-state index contributed by atoms with van der Waals surface area (Å²) in [4.78, 5) is 15.6. The number of amides is 1. The topological polar surface area (TPSA) is 126 Å². The minimum Gasteiger partial charge on any atom is -0.351 e. The van der Waals surface area contributed by atoms with Gasteiger partial charge in [0, 0.05) is 24.8 Å². The summed E-state index contributed by atoms with van der Waals surface area (Å²) in [5.74, 6) is 4.98. The first kappa shape index (κ1) is 15.3. The van der Waals surface area contributed by atoms with Crippen LogP contribution >= 0.6 is 0 Å². The molecule has 0 aliphatic rings. The monoisotopic (exact) mass is 287 g/mol. The van der Waals surface area contributed by atoms with Gasteiger partial charge in [0.1, 0.15) is 5.82 Å². The van der Waals surface area contributed by atoms with Crippen molar-refractivity contribution in [3.05, 3.63) is 23.9 Å². The third kappa shape index (κ3) is 5.20. The number of hydrogen-bond acceptors (Lipinski definition) is 6. The van der Waals surface area contributed by atoms with Gasteiger partial charge in [-0.05, 0) is 12.1 Å². The number of hydrazine groups is 1. The van der Waals surface area contributed by atoms with Crippen LogP contribution in [0.25, 0.3) is 0 Å². The highest BCUT2D eigenvalue weighted by atomic mass is 32.2. The highest BCUT2D eigenvalue weighted by molar-refractivity contribution is 7.89. The third-order valence-corrected chi connectivity index (χ3v) is 3.66. The molecule has 0 fully saturated rings. The number of anilines is 1. The molecule has 0 bridgehead atoms. The lowest BCUT2D eigenvalue weighted by molar-refractivity contribution is 0.0956. The van der Waals surface area contributed by atoms with Crippen LogP contribution in [0.2, 0.25) is 0 Å². The van der Waals surface area contributed by atoms with Crippen LogP contribution in [0.3, 0.4) is 0 Å². The summed E-state index contributed by atoms with van der Waals surface area (Å²) in [5.41, 5.74) is 2.67. The standard InChI is InChI=1S/C10H17N5O3S/c1-2-14-19(17,18)6-5-13-10(16)8-3-4-12-9(7-8)15-11/h3-4,7,14H,2,5-6,11H2,1H3,(H,12,15)(H,13,16). The smallest absolute Gasteiger partial charge is 0.251 e. The molecule has 0 spiro atoms. The first-order chi connectivity index (χ1) is 8.98. The fraction of sp³-hybridized carbons (Fsp3) is 0.400. The molecule has 0 aliphatic heterocycles. The Balaban J connectivity index is 2.52. The molecule has 106 valence electrons. The maximum absolute atomic E-state index is 11.7. The van der Waals surface area contributed by atoms with E-state index >= 15 is 0 Å². The fourth-order valence-corrected chi connectivity index (χ4v) is 2.30.